The van der Waals surface area contributed by atoms with E-state index in [1.54, 1.807) is 31.2 Å². The zero-order chi connectivity index (χ0) is 20.5. The maximum atomic E-state index is 12.9. The SMILES string of the molecule is COc1cccc([C@]2(C)NC(=O)N(NC(=O)Cc3ccc(C)c(C)c3)C2=O)c1. The lowest BCUT2D eigenvalue weighted by Gasteiger charge is -2.22. The molecule has 2 N–H and O–H groups in total. The Hall–Kier alpha value is -3.35. The Bertz CT molecular complexity index is 956. The molecule has 0 spiro atoms. The van der Waals surface area contributed by atoms with Crippen molar-refractivity contribution in [3.63, 3.8) is 0 Å². The zero-order valence-electron chi connectivity index (χ0n) is 16.3. The summed E-state index contributed by atoms with van der Waals surface area (Å²) in [6.07, 6.45) is 0.0635. The largest absolute Gasteiger partial charge is 0.497 e. The van der Waals surface area contributed by atoms with Crippen LogP contribution in [0.4, 0.5) is 4.79 Å². The summed E-state index contributed by atoms with van der Waals surface area (Å²) in [4.78, 5) is 37.7. The number of carbonyl (C=O) groups excluding carboxylic acids is 3. The van der Waals surface area contributed by atoms with E-state index in [1.165, 1.54) is 7.11 Å². The van der Waals surface area contributed by atoms with E-state index in [1.807, 2.05) is 32.0 Å². The third-order valence-electron chi connectivity index (χ3n) is 5.01. The summed E-state index contributed by atoms with van der Waals surface area (Å²) in [7, 11) is 1.52. The smallest absolute Gasteiger partial charge is 0.344 e. The lowest BCUT2D eigenvalue weighted by atomic mass is 9.92. The molecular formula is C21H23N3O4. The number of ether oxygens (including phenoxy) is 1. The first kappa shape index (κ1) is 19.4. The fourth-order valence-corrected chi connectivity index (χ4v) is 3.13. The minimum absolute atomic E-state index is 0.0635. The van der Waals surface area contributed by atoms with Crippen molar-refractivity contribution in [1.29, 1.82) is 0 Å². The first-order chi connectivity index (χ1) is 13.2. The van der Waals surface area contributed by atoms with Crippen molar-refractivity contribution < 1.29 is 19.1 Å². The van der Waals surface area contributed by atoms with Crippen molar-refractivity contribution >= 4 is 17.8 Å². The van der Waals surface area contributed by atoms with Gasteiger partial charge in [0.25, 0.3) is 5.91 Å². The van der Waals surface area contributed by atoms with Crippen LogP contribution < -0.4 is 15.5 Å². The summed E-state index contributed by atoms with van der Waals surface area (Å²) in [5, 5.41) is 3.39. The Labute approximate surface area is 163 Å². The van der Waals surface area contributed by atoms with E-state index in [0.29, 0.717) is 11.3 Å². The summed E-state index contributed by atoms with van der Waals surface area (Å²) in [6, 6.07) is 11.9. The van der Waals surface area contributed by atoms with Crippen LogP contribution in [0.25, 0.3) is 0 Å². The Morgan fingerprint density at radius 1 is 1.14 bits per heavy atom. The standard InChI is InChI=1S/C21H23N3O4/c1-13-8-9-15(10-14(13)2)11-18(25)23-24-19(26)21(3,22-20(24)27)16-6-5-7-17(12-16)28-4/h5-10,12H,11H2,1-4H3,(H,22,27)(H,23,25)/t21-/m0/s1. The van der Waals surface area contributed by atoms with Gasteiger partial charge in [-0.2, -0.15) is 5.01 Å². The molecular weight excluding hydrogens is 358 g/mol. The van der Waals surface area contributed by atoms with Crippen molar-refractivity contribution in [2.75, 3.05) is 7.11 Å². The van der Waals surface area contributed by atoms with Gasteiger partial charge in [-0.3, -0.25) is 15.0 Å². The minimum atomic E-state index is -1.29. The second-order valence-corrected chi connectivity index (χ2v) is 7.06. The van der Waals surface area contributed by atoms with Gasteiger partial charge in [0, 0.05) is 0 Å². The van der Waals surface area contributed by atoms with Crippen LogP contribution in [-0.4, -0.2) is 30.0 Å². The molecule has 146 valence electrons. The van der Waals surface area contributed by atoms with E-state index < -0.39 is 23.4 Å². The molecule has 1 atom stereocenters. The number of hydrazine groups is 1. The highest BCUT2D eigenvalue weighted by Crippen LogP contribution is 2.30. The van der Waals surface area contributed by atoms with Gasteiger partial charge in [-0.25, -0.2) is 4.79 Å². The van der Waals surface area contributed by atoms with E-state index in [4.69, 9.17) is 4.74 Å². The minimum Gasteiger partial charge on any atom is -0.497 e. The van der Waals surface area contributed by atoms with Crippen LogP contribution >= 0.6 is 0 Å². The highest BCUT2D eigenvalue weighted by atomic mass is 16.5. The van der Waals surface area contributed by atoms with Crippen LogP contribution in [-0.2, 0) is 21.5 Å². The fourth-order valence-electron chi connectivity index (χ4n) is 3.13. The average Bonchev–Trinajstić information content (AvgIpc) is 2.89. The highest BCUT2D eigenvalue weighted by molar-refractivity contribution is 6.08. The Balaban J connectivity index is 1.75. The van der Waals surface area contributed by atoms with Gasteiger partial charge < -0.3 is 10.1 Å². The van der Waals surface area contributed by atoms with Crippen LogP contribution in [0.3, 0.4) is 0 Å². The molecule has 1 aliphatic heterocycles. The van der Waals surface area contributed by atoms with E-state index in [9.17, 15) is 14.4 Å². The summed E-state index contributed by atoms with van der Waals surface area (Å²) in [6.45, 7) is 5.55. The Morgan fingerprint density at radius 2 is 1.89 bits per heavy atom. The Kier molecular flexibility index (Phi) is 5.09. The second-order valence-electron chi connectivity index (χ2n) is 7.06. The summed E-state index contributed by atoms with van der Waals surface area (Å²) < 4.78 is 5.19. The third-order valence-corrected chi connectivity index (χ3v) is 5.01. The number of rotatable bonds is 5. The molecule has 28 heavy (non-hydrogen) atoms. The summed E-state index contributed by atoms with van der Waals surface area (Å²) in [5.41, 5.74) is 4.70. The number of carbonyl (C=O) groups is 3. The van der Waals surface area contributed by atoms with E-state index in [2.05, 4.69) is 10.7 Å². The number of benzene rings is 2. The van der Waals surface area contributed by atoms with E-state index in [-0.39, 0.29) is 6.42 Å². The number of nitrogens with zero attached hydrogens (tertiary/aromatic N) is 1. The average molecular weight is 381 g/mol. The van der Waals surface area contributed by atoms with Crippen molar-refractivity contribution in [2.45, 2.75) is 32.7 Å². The van der Waals surface area contributed by atoms with Gasteiger partial charge in [0.15, 0.2) is 0 Å². The van der Waals surface area contributed by atoms with Crippen LogP contribution in [0.1, 0.15) is 29.2 Å². The first-order valence-electron chi connectivity index (χ1n) is 8.91. The molecule has 3 rings (SSSR count). The van der Waals surface area contributed by atoms with Gasteiger partial charge in [0.1, 0.15) is 11.3 Å². The van der Waals surface area contributed by atoms with E-state index in [0.717, 1.165) is 21.7 Å². The third kappa shape index (κ3) is 3.55. The quantitative estimate of drug-likeness (QED) is 0.779. The molecule has 0 unspecified atom stereocenters. The van der Waals surface area contributed by atoms with Crippen molar-refractivity contribution in [1.82, 2.24) is 15.8 Å². The van der Waals surface area contributed by atoms with E-state index >= 15 is 0 Å². The number of hydrogen-bond acceptors (Lipinski definition) is 4. The molecule has 1 saturated heterocycles. The topological polar surface area (TPSA) is 87.7 Å². The van der Waals surface area contributed by atoms with Crippen LogP contribution in [0, 0.1) is 13.8 Å². The lowest BCUT2D eigenvalue weighted by Crippen LogP contribution is -2.48. The van der Waals surface area contributed by atoms with Crippen LogP contribution in [0.2, 0.25) is 0 Å². The monoisotopic (exact) mass is 381 g/mol. The zero-order valence-corrected chi connectivity index (χ0v) is 16.3. The lowest BCUT2D eigenvalue weighted by molar-refractivity contribution is -0.138. The molecule has 1 fully saturated rings. The van der Waals surface area contributed by atoms with Crippen molar-refractivity contribution in [3.05, 3.63) is 64.7 Å². The van der Waals surface area contributed by atoms with Crippen molar-refractivity contribution in [2.24, 2.45) is 0 Å². The number of amides is 4. The van der Waals surface area contributed by atoms with Crippen molar-refractivity contribution in [3.8, 4) is 5.75 Å². The maximum Gasteiger partial charge on any atom is 0.344 e. The molecule has 2 aromatic rings. The molecule has 4 amide bonds. The van der Waals surface area contributed by atoms with Crippen LogP contribution in [0.5, 0.6) is 5.75 Å². The van der Waals surface area contributed by atoms with Gasteiger partial charge >= 0.3 is 6.03 Å². The summed E-state index contributed by atoms with van der Waals surface area (Å²) >= 11 is 0. The summed E-state index contributed by atoms with van der Waals surface area (Å²) in [5.74, 6) is -0.432. The predicted molar refractivity (Wildman–Crippen MR) is 103 cm³/mol. The molecule has 0 saturated carbocycles. The molecule has 0 radical (unpaired) electrons. The predicted octanol–water partition coefficient (Wildman–Crippen LogP) is 2.35. The molecule has 0 bridgehead atoms. The molecule has 0 aliphatic carbocycles. The number of hydrogen-bond donors (Lipinski definition) is 2. The second kappa shape index (κ2) is 7.34. The molecule has 1 heterocycles. The van der Waals surface area contributed by atoms with Gasteiger partial charge in [-0.05, 0) is 55.2 Å². The highest BCUT2D eigenvalue weighted by Gasteiger charge is 2.50. The van der Waals surface area contributed by atoms with Gasteiger partial charge in [-0.15, -0.1) is 0 Å². The number of imide groups is 1. The molecule has 2 aromatic carbocycles. The number of nitrogens with one attached hydrogen (secondary N) is 2. The number of methoxy groups -OCH3 is 1. The Morgan fingerprint density at radius 3 is 2.57 bits per heavy atom. The van der Waals surface area contributed by atoms with Gasteiger partial charge in [0.2, 0.25) is 5.91 Å². The van der Waals surface area contributed by atoms with Crippen LogP contribution in [0.15, 0.2) is 42.5 Å². The number of aryl methyl sites for hydroxylation is 2. The molecule has 7 nitrogen and oxygen atoms in total. The fraction of sp³-hybridized carbons (Fsp3) is 0.286. The molecule has 0 aromatic heterocycles. The molecule has 1 aliphatic rings. The first-order valence-corrected chi connectivity index (χ1v) is 8.91. The number of urea groups is 1. The van der Waals surface area contributed by atoms with Gasteiger partial charge in [0.05, 0.1) is 13.5 Å². The normalized spacial score (nSPS) is 18.8. The molecule has 7 heteroatoms. The maximum absolute atomic E-state index is 12.9. The van der Waals surface area contributed by atoms with Gasteiger partial charge in [-0.1, -0.05) is 30.3 Å².